The highest BCUT2D eigenvalue weighted by Crippen LogP contribution is 2.28. The van der Waals surface area contributed by atoms with Gasteiger partial charge in [-0.1, -0.05) is 35.1 Å². The second-order valence-electron chi connectivity index (χ2n) is 4.37. The maximum absolute atomic E-state index is 5.91. The number of pyridine rings is 1. The lowest BCUT2D eigenvalue weighted by Gasteiger charge is -1.96. The van der Waals surface area contributed by atoms with Gasteiger partial charge in [0.1, 0.15) is 5.01 Å². The Morgan fingerprint density at radius 3 is 2.62 bits per heavy atom. The molecule has 7 heteroatoms. The first kappa shape index (κ1) is 12.4. The van der Waals surface area contributed by atoms with Crippen LogP contribution in [0.15, 0.2) is 48.8 Å². The van der Waals surface area contributed by atoms with Gasteiger partial charge in [0.2, 0.25) is 4.96 Å². The average Bonchev–Trinajstić information content (AvgIpc) is 3.09. The van der Waals surface area contributed by atoms with Crippen molar-refractivity contribution in [2.24, 2.45) is 0 Å². The van der Waals surface area contributed by atoms with Gasteiger partial charge < -0.3 is 0 Å². The Morgan fingerprint density at radius 1 is 1.00 bits per heavy atom. The zero-order valence-corrected chi connectivity index (χ0v) is 12.2. The van der Waals surface area contributed by atoms with E-state index in [1.807, 2.05) is 36.4 Å². The van der Waals surface area contributed by atoms with Crippen LogP contribution in [-0.4, -0.2) is 24.8 Å². The van der Waals surface area contributed by atoms with Gasteiger partial charge in [-0.15, -0.1) is 10.2 Å². The SMILES string of the molecule is Clc1ccc(-c2nn3c(-c4cccnc4)nnc3s2)cc1. The van der Waals surface area contributed by atoms with E-state index in [2.05, 4.69) is 20.3 Å². The fourth-order valence-corrected chi connectivity index (χ4v) is 2.97. The molecule has 0 saturated carbocycles. The van der Waals surface area contributed by atoms with Crippen molar-refractivity contribution in [1.29, 1.82) is 0 Å². The van der Waals surface area contributed by atoms with Gasteiger partial charge in [-0.3, -0.25) is 4.98 Å². The molecule has 3 heterocycles. The molecular formula is C14H8ClN5S. The molecule has 3 aromatic heterocycles. The van der Waals surface area contributed by atoms with Gasteiger partial charge in [0.25, 0.3) is 0 Å². The molecule has 0 spiro atoms. The summed E-state index contributed by atoms with van der Waals surface area (Å²) in [4.78, 5) is 4.85. The normalized spacial score (nSPS) is 11.1. The Bertz CT molecular complexity index is 898. The van der Waals surface area contributed by atoms with E-state index in [9.17, 15) is 0 Å². The van der Waals surface area contributed by atoms with Gasteiger partial charge in [-0.05, 0) is 24.3 Å². The zero-order valence-electron chi connectivity index (χ0n) is 10.6. The molecule has 0 aliphatic carbocycles. The highest BCUT2D eigenvalue weighted by Gasteiger charge is 2.14. The van der Waals surface area contributed by atoms with Gasteiger partial charge in [0.15, 0.2) is 5.82 Å². The molecule has 0 amide bonds. The molecule has 0 unspecified atom stereocenters. The highest BCUT2D eigenvalue weighted by atomic mass is 35.5. The Labute approximate surface area is 128 Å². The minimum atomic E-state index is 0.689. The minimum absolute atomic E-state index is 0.689. The first-order chi connectivity index (χ1) is 10.3. The molecule has 0 saturated heterocycles. The lowest BCUT2D eigenvalue weighted by molar-refractivity contribution is 0.969. The largest absolute Gasteiger partial charge is 0.264 e. The fraction of sp³-hybridized carbons (Fsp3) is 0. The van der Waals surface area contributed by atoms with Crippen LogP contribution in [0.3, 0.4) is 0 Å². The molecular weight excluding hydrogens is 306 g/mol. The Balaban J connectivity index is 1.84. The molecule has 0 aliphatic heterocycles. The summed E-state index contributed by atoms with van der Waals surface area (Å²) >= 11 is 7.40. The average molecular weight is 314 g/mol. The summed E-state index contributed by atoms with van der Waals surface area (Å²) in [6.45, 7) is 0. The molecule has 0 radical (unpaired) electrons. The topological polar surface area (TPSA) is 56.0 Å². The fourth-order valence-electron chi connectivity index (χ4n) is 2.00. The van der Waals surface area contributed by atoms with Crippen LogP contribution in [0.4, 0.5) is 0 Å². The smallest absolute Gasteiger partial charge is 0.235 e. The van der Waals surface area contributed by atoms with Crippen LogP contribution in [0.1, 0.15) is 0 Å². The predicted molar refractivity (Wildman–Crippen MR) is 82.3 cm³/mol. The summed E-state index contributed by atoms with van der Waals surface area (Å²) in [7, 11) is 0. The lowest BCUT2D eigenvalue weighted by atomic mass is 10.2. The van der Waals surface area contributed by atoms with E-state index in [0.29, 0.717) is 10.8 Å². The molecule has 0 bridgehead atoms. The monoisotopic (exact) mass is 313 g/mol. The molecule has 5 nitrogen and oxygen atoms in total. The third-order valence-electron chi connectivity index (χ3n) is 3.00. The Morgan fingerprint density at radius 2 is 1.86 bits per heavy atom. The van der Waals surface area contributed by atoms with E-state index in [-0.39, 0.29) is 0 Å². The summed E-state index contributed by atoms with van der Waals surface area (Å²) in [5.74, 6) is 0.689. The van der Waals surface area contributed by atoms with E-state index in [1.54, 1.807) is 16.9 Å². The zero-order chi connectivity index (χ0) is 14.2. The number of fused-ring (bicyclic) bond motifs is 1. The molecule has 0 atom stereocenters. The standard InChI is InChI=1S/C14H8ClN5S/c15-11-5-3-9(4-6-11)13-19-20-12(17-18-14(20)21-13)10-2-1-7-16-8-10/h1-8H. The van der Waals surface area contributed by atoms with E-state index in [1.165, 1.54) is 11.3 Å². The predicted octanol–water partition coefficient (Wildman–Crippen LogP) is 3.57. The van der Waals surface area contributed by atoms with Crippen molar-refractivity contribution in [3.8, 4) is 22.0 Å². The van der Waals surface area contributed by atoms with Crippen molar-refractivity contribution < 1.29 is 0 Å². The van der Waals surface area contributed by atoms with Crippen LogP contribution < -0.4 is 0 Å². The molecule has 21 heavy (non-hydrogen) atoms. The number of benzene rings is 1. The number of hydrogen-bond acceptors (Lipinski definition) is 5. The lowest BCUT2D eigenvalue weighted by Crippen LogP contribution is -1.91. The number of halogens is 1. The van der Waals surface area contributed by atoms with Crippen LogP contribution in [0, 0.1) is 0 Å². The van der Waals surface area contributed by atoms with Crippen LogP contribution in [0.25, 0.3) is 26.9 Å². The van der Waals surface area contributed by atoms with Gasteiger partial charge in [0, 0.05) is 28.5 Å². The number of rotatable bonds is 2. The minimum Gasteiger partial charge on any atom is -0.264 e. The maximum atomic E-state index is 5.91. The molecule has 0 N–H and O–H groups in total. The quantitative estimate of drug-likeness (QED) is 0.567. The summed E-state index contributed by atoms with van der Waals surface area (Å²) in [5, 5.41) is 14.5. The van der Waals surface area contributed by atoms with Gasteiger partial charge in [-0.2, -0.15) is 9.61 Å². The van der Waals surface area contributed by atoms with Gasteiger partial charge in [-0.25, -0.2) is 0 Å². The van der Waals surface area contributed by atoms with Crippen LogP contribution in [0.2, 0.25) is 5.02 Å². The number of aromatic nitrogens is 5. The van der Waals surface area contributed by atoms with Crippen molar-refractivity contribution in [2.75, 3.05) is 0 Å². The van der Waals surface area contributed by atoms with Gasteiger partial charge >= 0.3 is 0 Å². The van der Waals surface area contributed by atoms with E-state index in [4.69, 9.17) is 11.6 Å². The molecule has 4 aromatic rings. The molecule has 0 fully saturated rings. The maximum Gasteiger partial charge on any atom is 0.235 e. The second-order valence-corrected chi connectivity index (χ2v) is 5.77. The van der Waals surface area contributed by atoms with Crippen molar-refractivity contribution >= 4 is 27.9 Å². The molecule has 1 aromatic carbocycles. The summed E-state index contributed by atoms with van der Waals surface area (Å²) < 4.78 is 1.74. The first-order valence-corrected chi connectivity index (χ1v) is 7.39. The third-order valence-corrected chi connectivity index (χ3v) is 4.20. The summed E-state index contributed by atoms with van der Waals surface area (Å²) in [6.07, 6.45) is 3.47. The molecule has 0 aliphatic rings. The van der Waals surface area contributed by atoms with Crippen LogP contribution in [0.5, 0.6) is 0 Å². The summed E-state index contributed by atoms with van der Waals surface area (Å²) in [5.41, 5.74) is 1.89. The number of hydrogen-bond donors (Lipinski definition) is 0. The Kier molecular flexibility index (Phi) is 2.90. The molecule has 102 valence electrons. The Hall–Kier alpha value is -2.31. The summed E-state index contributed by atoms with van der Waals surface area (Å²) in [6, 6.07) is 11.4. The van der Waals surface area contributed by atoms with Crippen LogP contribution in [-0.2, 0) is 0 Å². The van der Waals surface area contributed by atoms with Crippen molar-refractivity contribution in [3.05, 3.63) is 53.8 Å². The van der Waals surface area contributed by atoms with E-state index < -0.39 is 0 Å². The van der Waals surface area contributed by atoms with Crippen LogP contribution >= 0.6 is 22.9 Å². The van der Waals surface area contributed by atoms with Crippen molar-refractivity contribution in [1.82, 2.24) is 24.8 Å². The van der Waals surface area contributed by atoms with Crippen molar-refractivity contribution in [2.45, 2.75) is 0 Å². The van der Waals surface area contributed by atoms with E-state index >= 15 is 0 Å². The second kappa shape index (κ2) is 4.91. The third kappa shape index (κ3) is 2.18. The van der Waals surface area contributed by atoms with Crippen molar-refractivity contribution in [3.63, 3.8) is 0 Å². The highest BCUT2D eigenvalue weighted by molar-refractivity contribution is 7.19. The molecule has 4 rings (SSSR count). The first-order valence-electron chi connectivity index (χ1n) is 6.20. The van der Waals surface area contributed by atoms with E-state index in [0.717, 1.165) is 21.1 Å². The number of nitrogens with zero attached hydrogens (tertiary/aromatic N) is 5. The van der Waals surface area contributed by atoms with Gasteiger partial charge in [0.05, 0.1) is 0 Å².